The summed E-state index contributed by atoms with van der Waals surface area (Å²) < 4.78 is 55.8. The summed E-state index contributed by atoms with van der Waals surface area (Å²) in [5.41, 5.74) is 0. The maximum atomic E-state index is 12.8. The molecule has 1 aliphatic heterocycles. The maximum Gasteiger partial charge on any atom is 1.00 e. The van der Waals surface area contributed by atoms with Gasteiger partial charge in [0.1, 0.15) is 31.0 Å². The summed E-state index contributed by atoms with van der Waals surface area (Å²) in [5.74, 6) is -2.11. The van der Waals surface area contributed by atoms with Crippen LogP contribution in [0.15, 0.2) is 12.2 Å². The predicted molar refractivity (Wildman–Crippen MR) is 218 cm³/mol. The molecule has 1 fully saturated rings. The molecule has 1 heterocycles. The van der Waals surface area contributed by atoms with Gasteiger partial charge in [-0.1, -0.05) is 154 Å². The minimum Gasteiger partial charge on any atom is -0.748 e. The summed E-state index contributed by atoms with van der Waals surface area (Å²) in [6.07, 6.45) is 25.1. The van der Waals surface area contributed by atoms with E-state index in [1.54, 1.807) is 0 Å². The normalized spacial score (nSPS) is 20.4. The first-order chi connectivity index (χ1) is 27.0. The fourth-order valence-corrected chi connectivity index (χ4v) is 7.52. The Morgan fingerprint density at radius 2 is 1.04 bits per heavy atom. The zero-order valence-corrected chi connectivity index (χ0v) is 38.8. The van der Waals surface area contributed by atoms with Crippen molar-refractivity contribution in [3.05, 3.63) is 12.2 Å². The van der Waals surface area contributed by atoms with Gasteiger partial charge in [0, 0.05) is 12.8 Å². The van der Waals surface area contributed by atoms with Crippen molar-refractivity contribution in [3.63, 3.8) is 0 Å². The van der Waals surface area contributed by atoms with Gasteiger partial charge >= 0.3 is 41.5 Å². The molecule has 330 valence electrons. The molecule has 14 heteroatoms. The molecule has 0 aromatic carbocycles. The number of hydrogen-bond acceptors (Lipinski definition) is 12. The summed E-state index contributed by atoms with van der Waals surface area (Å²) in [7, 11) is -4.85. The number of unbranched alkanes of at least 4 members (excludes halogenated alkanes) is 23. The first-order valence-corrected chi connectivity index (χ1v) is 23.8. The number of esters is 2. The molecule has 1 aliphatic rings. The van der Waals surface area contributed by atoms with Crippen LogP contribution in [0.4, 0.5) is 0 Å². The van der Waals surface area contributed by atoms with E-state index in [9.17, 15) is 37.9 Å². The van der Waals surface area contributed by atoms with Crippen molar-refractivity contribution in [2.45, 2.75) is 230 Å². The fraction of sp³-hybridized carbons (Fsp3) is 0.907. The van der Waals surface area contributed by atoms with Crippen LogP contribution in [-0.4, -0.2) is 96.0 Å². The van der Waals surface area contributed by atoms with E-state index in [2.05, 4.69) is 26.0 Å². The fourth-order valence-electron chi connectivity index (χ4n) is 6.84. The zero-order chi connectivity index (χ0) is 41.3. The maximum absolute atomic E-state index is 12.8. The molecule has 0 aromatic rings. The summed E-state index contributed by atoms with van der Waals surface area (Å²) in [5, 5.41) is 30.8. The van der Waals surface area contributed by atoms with E-state index in [0.717, 1.165) is 57.8 Å². The van der Waals surface area contributed by atoms with E-state index in [1.807, 2.05) is 0 Å². The second-order valence-corrected chi connectivity index (χ2v) is 17.1. The van der Waals surface area contributed by atoms with Gasteiger partial charge < -0.3 is 38.8 Å². The van der Waals surface area contributed by atoms with Crippen molar-refractivity contribution in [1.82, 2.24) is 0 Å². The number of carbonyl (C=O) groups is 2. The SMILES string of the molecule is CCCCCCCC/C=C\CCCCCCCC(=O)OC[C@H](CO[C@H]1O[C@H](CS(=O)(=O)[O-])[C@@H](O)[C@H](O)[C@H]1O)OC(=O)CCCCCCCCCCCCCCC.[Na+]. The molecular weight excluding hydrogens is 764 g/mol. The second-order valence-electron chi connectivity index (χ2n) is 15.7. The van der Waals surface area contributed by atoms with Crippen LogP contribution >= 0.6 is 0 Å². The molecule has 0 radical (unpaired) electrons. The van der Waals surface area contributed by atoms with Crippen molar-refractivity contribution in [1.29, 1.82) is 0 Å². The van der Waals surface area contributed by atoms with Crippen molar-refractivity contribution in [2.24, 2.45) is 0 Å². The predicted octanol–water partition coefficient (Wildman–Crippen LogP) is 5.33. The van der Waals surface area contributed by atoms with Gasteiger partial charge in [-0.25, -0.2) is 8.42 Å². The smallest absolute Gasteiger partial charge is 0.748 e. The first-order valence-electron chi connectivity index (χ1n) is 22.2. The molecule has 0 bridgehead atoms. The first kappa shape index (κ1) is 56.4. The van der Waals surface area contributed by atoms with E-state index in [4.69, 9.17) is 18.9 Å². The molecular formula is C43H79NaO12S. The van der Waals surface area contributed by atoms with Crippen LogP contribution < -0.4 is 29.6 Å². The Kier molecular flexibility index (Phi) is 36.8. The molecule has 57 heavy (non-hydrogen) atoms. The molecule has 0 amide bonds. The number of rotatable bonds is 37. The van der Waals surface area contributed by atoms with Crippen LogP contribution in [0.1, 0.15) is 194 Å². The van der Waals surface area contributed by atoms with Crippen molar-refractivity contribution in [2.75, 3.05) is 19.0 Å². The Hall–Kier alpha value is -0.610. The number of aliphatic hydroxyl groups excluding tert-OH is 3. The molecule has 0 aromatic heterocycles. The Morgan fingerprint density at radius 1 is 0.614 bits per heavy atom. The molecule has 6 atom stereocenters. The molecule has 0 saturated carbocycles. The molecule has 0 unspecified atom stereocenters. The van der Waals surface area contributed by atoms with Crippen molar-refractivity contribution < 1.29 is 86.4 Å². The summed E-state index contributed by atoms with van der Waals surface area (Å²) in [6, 6.07) is 0. The van der Waals surface area contributed by atoms with E-state index < -0.39 is 71.2 Å². The molecule has 1 rings (SSSR count). The van der Waals surface area contributed by atoms with Crippen LogP contribution in [0.2, 0.25) is 0 Å². The molecule has 0 spiro atoms. The summed E-state index contributed by atoms with van der Waals surface area (Å²) in [4.78, 5) is 25.3. The van der Waals surface area contributed by atoms with E-state index in [-0.39, 0.29) is 49.0 Å². The van der Waals surface area contributed by atoms with Gasteiger partial charge in [0.25, 0.3) is 0 Å². The van der Waals surface area contributed by atoms with E-state index in [0.29, 0.717) is 12.8 Å². The zero-order valence-electron chi connectivity index (χ0n) is 36.0. The number of ether oxygens (including phenoxy) is 4. The third kappa shape index (κ3) is 31.9. The minimum absolute atomic E-state index is 0. The summed E-state index contributed by atoms with van der Waals surface area (Å²) >= 11 is 0. The van der Waals surface area contributed by atoms with Crippen LogP contribution in [0.5, 0.6) is 0 Å². The molecule has 0 aliphatic carbocycles. The Labute approximate surface area is 368 Å². The second kappa shape index (κ2) is 37.2. The Bertz CT molecular complexity index is 1110. The topological polar surface area (TPSA) is 189 Å². The standard InChI is InChI=1S/C43H80O12S.Na/c1-3-5-7-9-11-13-15-17-18-20-21-23-25-27-29-31-38(44)52-33-36(34-53-43-42(48)41(47)40(46)37(55-43)35-56(49,50)51)54-39(45)32-30-28-26-24-22-19-16-14-12-10-8-6-4-2;/h17-18,36-37,40-43,46-48H,3-16,19-35H2,1-2H3,(H,49,50,51);/q;+1/p-1/b18-17-;/t36-,37-,40-,41+,42-,43+;/m1./s1. The monoisotopic (exact) mass is 843 g/mol. The van der Waals surface area contributed by atoms with Crippen LogP contribution in [0.25, 0.3) is 0 Å². The number of hydrogen-bond donors (Lipinski definition) is 3. The van der Waals surface area contributed by atoms with Gasteiger partial charge in [-0.05, 0) is 38.5 Å². The van der Waals surface area contributed by atoms with Crippen LogP contribution in [0.3, 0.4) is 0 Å². The minimum atomic E-state index is -4.85. The third-order valence-corrected chi connectivity index (χ3v) is 11.1. The van der Waals surface area contributed by atoms with Crippen LogP contribution in [-0.2, 0) is 38.7 Å². The van der Waals surface area contributed by atoms with Gasteiger partial charge in [-0.15, -0.1) is 0 Å². The quantitative estimate of drug-likeness (QED) is 0.0240. The number of carbonyl (C=O) groups excluding carboxylic acids is 2. The van der Waals surface area contributed by atoms with Gasteiger partial charge in [0.2, 0.25) is 0 Å². The molecule has 3 N–H and O–H groups in total. The van der Waals surface area contributed by atoms with Gasteiger partial charge in [0.05, 0.1) is 22.5 Å². The molecule has 1 saturated heterocycles. The van der Waals surface area contributed by atoms with Gasteiger partial charge in [-0.3, -0.25) is 9.59 Å². The van der Waals surface area contributed by atoms with Gasteiger partial charge in [0.15, 0.2) is 12.4 Å². The van der Waals surface area contributed by atoms with Crippen LogP contribution in [0, 0.1) is 0 Å². The van der Waals surface area contributed by atoms with Crippen molar-refractivity contribution in [3.8, 4) is 0 Å². The van der Waals surface area contributed by atoms with Gasteiger partial charge in [-0.2, -0.15) is 0 Å². The number of allylic oxidation sites excluding steroid dienone is 2. The number of aliphatic hydroxyl groups is 3. The van der Waals surface area contributed by atoms with E-state index >= 15 is 0 Å². The molecule has 12 nitrogen and oxygen atoms in total. The third-order valence-electron chi connectivity index (χ3n) is 10.3. The Balaban J connectivity index is 0.0000314. The Morgan fingerprint density at radius 3 is 1.49 bits per heavy atom. The largest absolute Gasteiger partial charge is 1.00 e. The van der Waals surface area contributed by atoms with Crippen molar-refractivity contribution >= 4 is 22.1 Å². The van der Waals surface area contributed by atoms with E-state index in [1.165, 1.54) is 96.3 Å². The summed E-state index contributed by atoms with van der Waals surface area (Å²) in [6.45, 7) is 3.72. The average Bonchev–Trinajstić information content (AvgIpc) is 3.16. The average molecular weight is 843 g/mol.